The summed E-state index contributed by atoms with van der Waals surface area (Å²) in [4.78, 5) is 17.7. The minimum atomic E-state index is -0.953. The fraction of sp³-hybridized carbons (Fsp3) is 0.579. The maximum atomic E-state index is 11.9. The summed E-state index contributed by atoms with van der Waals surface area (Å²) in [6.45, 7) is 6.09. The monoisotopic (exact) mass is 363 g/mol. The minimum Gasteiger partial charge on any atom is -0.444 e. The number of aliphatic hydroxyl groups is 1. The van der Waals surface area contributed by atoms with Crippen molar-refractivity contribution < 1.29 is 19.1 Å². The van der Waals surface area contributed by atoms with Crippen molar-refractivity contribution in [3.05, 3.63) is 30.2 Å². The van der Waals surface area contributed by atoms with Crippen molar-refractivity contribution in [1.29, 1.82) is 0 Å². The van der Waals surface area contributed by atoms with E-state index in [9.17, 15) is 9.90 Å². The van der Waals surface area contributed by atoms with E-state index in [0.29, 0.717) is 24.1 Å². The van der Waals surface area contributed by atoms with Crippen LogP contribution in [0.3, 0.4) is 0 Å². The van der Waals surface area contributed by atoms with Crippen molar-refractivity contribution in [3.63, 3.8) is 0 Å². The molecule has 1 aromatic heterocycles. The number of para-hydroxylation sites is 2. The Morgan fingerprint density at radius 1 is 1.35 bits per heavy atom. The van der Waals surface area contributed by atoms with Gasteiger partial charge in [0.25, 0.3) is 0 Å². The quantitative estimate of drug-likeness (QED) is 0.732. The first-order chi connectivity index (χ1) is 12.2. The zero-order chi connectivity index (χ0) is 19.3. The van der Waals surface area contributed by atoms with Crippen LogP contribution in [-0.4, -0.2) is 46.3 Å². The van der Waals surface area contributed by atoms with Crippen LogP contribution in [0.1, 0.15) is 52.0 Å². The van der Waals surface area contributed by atoms with E-state index in [4.69, 9.17) is 14.9 Å². The fourth-order valence-corrected chi connectivity index (χ4v) is 2.52. The standard InChI is InChI=1S/C19H29N3O4/c1-19(2,3)26-18(24)22(4)12-8-7-9-13(20)16(23)17-21-14-10-5-6-11-15(14)25-17/h5-6,10-11,13,16,23H,7-9,12,20H2,1-4H3/t13-,16?/m0/s1. The first kappa shape index (κ1) is 20.2. The molecule has 1 amide bonds. The minimum absolute atomic E-state index is 0.240. The second kappa shape index (κ2) is 8.51. The average molecular weight is 363 g/mol. The number of oxazole rings is 1. The van der Waals surface area contributed by atoms with Crippen LogP contribution < -0.4 is 5.73 Å². The normalized spacial score (nSPS) is 14.2. The van der Waals surface area contributed by atoms with Crippen molar-refractivity contribution in [3.8, 4) is 0 Å². The second-order valence-corrected chi connectivity index (χ2v) is 7.53. The third-order valence-electron chi connectivity index (χ3n) is 3.96. The van der Waals surface area contributed by atoms with Gasteiger partial charge < -0.3 is 24.9 Å². The molecule has 2 rings (SSSR count). The molecule has 0 bridgehead atoms. The van der Waals surface area contributed by atoms with Crippen LogP contribution in [0.25, 0.3) is 11.1 Å². The van der Waals surface area contributed by atoms with E-state index in [1.165, 1.54) is 0 Å². The van der Waals surface area contributed by atoms with Crippen LogP contribution in [0.15, 0.2) is 28.7 Å². The maximum Gasteiger partial charge on any atom is 0.410 e. The smallest absolute Gasteiger partial charge is 0.410 e. The summed E-state index contributed by atoms with van der Waals surface area (Å²) in [6.07, 6.45) is 0.844. The largest absolute Gasteiger partial charge is 0.444 e. The highest BCUT2D eigenvalue weighted by Crippen LogP contribution is 2.23. The molecule has 144 valence electrons. The molecular weight excluding hydrogens is 334 g/mol. The molecule has 0 radical (unpaired) electrons. The Morgan fingerprint density at radius 2 is 2.04 bits per heavy atom. The van der Waals surface area contributed by atoms with E-state index in [1.807, 2.05) is 39.0 Å². The first-order valence-electron chi connectivity index (χ1n) is 8.90. The van der Waals surface area contributed by atoms with Gasteiger partial charge in [-0.15, -0.1) is 0 Å². The van der Waals surface area contributed by atoms with Crippen LogP contribution in [0.4, 0.5) is 4.79 Å². The number of amides is 1. The third kappa shape index (κ3) is 5.71. The van der Waals surface area contributed by atoms with Crippen LogP contribution in [0.2, 0.25) is 0 Å². The molecule has 0 aliphatic heterocycles. The fourth-order valence-electron chi connectivity index (χ4n) is 2.52. The Balaban J connectivity index is 1.76. The third-order valence-corrected chi connectivity index (χ3v) is 3.96. The predicted octanol–water partition coefficient (Wildman–Crippen LogP) is 3.23. The molecular formula is C19H29N3O4. The van der Waals surface area contributed by atoms with Gasteiger partial charge in [0, 0.05) is 19.6 Å². The van der Waals surface area contributed by atoms with Crippen molar-refractivity contribution in [2.24, 2.45) is 5.73 Å². The first-order valence-corrected chi connectivity index (χ1v) is 8.90. The number of aliphatic hydroxyl groups excluding tert-OH is 1. The number of hydrogen-bond acceptors (Lipinski definition) is 6. The molecule has 26 heavy (non-hydrogen) atoms. The number of benzene rings is 1. The molecule has 0 spiro atoms. The molecule has 1 aromatic carbocycles. The van der Waals surface area contributed by atoms with Crippen LogP contribution >= 0.6 is 0 Å². The van der Waals surface area contributed by atoms with Crippen molar-refractivity contribution >= 4 is 17.2 Å². The van der Waals surface area contributed by atoms with Gasteiger partial charge in [-0.05, 0) is 45.7 Å². The molecule has 7 nitrogen and oxygen atoms in total. The van der Waals surface area contributed by atoms with Crippen molar-refractivity contribution in [2.75, 3.05) is 13.6 Å². The lowest BCUT2D eigenvalue weighted by Crippen LogP contribution is -2.35. The van der Waals surface area contributed by atoms with Crippen molar-refractivity contribution in [1.82, 2.24) is 9.88 Å². The number of carbonyl (C=O) groups is 1. The van der Waals surface area contributed by atoms with Crippen LogP contribution in [-0.2, 0) is 4.74 Å². The lowest BCUT2D eigenvalue weighted by Gasteiger charge is -2.24. The molecule has 1 unspecified atom stereocenters. The summed E-state index contributed by atoms with van der Waals surface area (Å²) in [5, 5.41) is 10.3. The van der Waals surface area contributed by atoms with E-state index in [0.717, 1.165) is 12.8 Å². The SMILES string of the molecule is CN(CCCC[C@H](N)C(O)c1nc2ccccc2o1)C(=O)OC(C)(C)C. The molecule has 0 aliphatic carbocycles. The predicted molar refractivity (Wildman–Crippen MR) is 99.7 cm³/mol. The number of nitrogens with two attached hydrogens (primary N) is 1. The van der Waals surface area contributed by atoms with Crippen LogP contribution in [0, 0.1) is 0 Å². The van der Waals surface area contributed by atoms with Gasteiger partial charge in [0.1, 0.15) is 17.2 Å². The zero-order valence-corrected chi connectivity index (χ0v) is 15.9. The molecule has 7 heteroatoms. The summed E-state index contributed by atoms with van der Waals surface area (Å²) in [5.41, 5.74) is 6.91. The summed E-state index contributed by atoms with van der Waals surface area (Å²) < 4.78 is 10.9. The highest BCUT2D eigenvalue weighted by molar-refractivity contribution is 5.72. The van der Waals surface area contributed by atoms with Gasteiger partial charge in [0.05, 0.1) is 0 Å². The number of aromatic nitrogens is 1. The Bertz CT molecular complexity index is 690. The highest BCUT2D eigenvalue weighted by Gasteiger charge is 2.23. The van der Waals surface area contributed by atoms with Gasteiger partial charge in [-0.25, -0.2) is 9.78 Å². The van der Waals surface area contributed by atoms with E-state index >= 15 is 0 Å². The van der Waals surface area contributed by atoms with Crippen LogP contribution in [0.5, 0.6) is 0 Å². The van der Waals surface area contributed by atoms with Gasteiger partial charge in [-0.1, -0.05) is 18.6 Å². The molecule has 0 fully saturated rings. The topological polar surface area (TPSA) is 102 Å². The van der Waals surface area contributed by atoms with E-state index in [2.05, 4.69) is 4.98 Å². The molecule has 0 saturated carbocycles. The number of hydrogen-bond donors (Lipinski definition) is 2. The highest BCUT2D eigenvalue weighted by atomic mass is 16.6. The number of ether oxygens (including phenoxy) is 1. The van der Waals surface area contributed by atoms with E-state index in [1.54, 1.807) is 18.0 Å². The van der Waals surface area contributed by atoms with Gasteiger partial charge >= 0.3 is 6.09 Å². The molecule has 0 aliphatic rings. The van der Waals surface area contributed by atoms with E-state index < -0.39 is 17.7 Å². The zero-order valence-electron chi connectivity index (χ0n) is 15.9. The second-order valence-electron chi connectivity index (χ2n) is 7.53. The molecule has 0 saturated heterocycles. The maximum absolute atomic E-state index is 11.9. The number of carbonyl (C=O) groups excluding carboxylic acids is 1. The molecule has 2 atom stereocenters. The number of fused-ring (bicyclic) bond motifs is 1. The van der Waals surface area contributed by atoms with Gasteiger partial charge in [-0.2, -0.15) is 0 Å². The van der Waals surface area contributed by atoms with Crippen molar-refractivity contribution in [2.45, 2.75) is 57.8 Å². The Labute approximate surface area is 154 Å². The summed E-state index contributed by atoms with van der Waals surface area (Å²) in [7, 11) is 1.71. The Morgan fingerprint density at radius 3 is 2.69 bits per heavy atom. The summed E-state index contributed by atoms with van der Waals surface area (Å²) >= 11 is 0. The Kier molecular flexibility index (Phi) is 6.61. The number of nitrogens with zero attached hydrogens (tertiary/aromatic N) is 2. The molecule has 1 heterocycles. The summed E-state index contributed by atoms with van der Waals surface area (Å²) in [5.74, 6) is 0.240. The lowest BCUT2D eigenvalue weighted by molar-refractivity contribution is 0.0295. The average Bonchev–Trinajstić information content (AvgIpc) is 3.00. The lowest BCUT2D eigenvalue weighted by atomic mass is 10.0. The Hall–Kier alpha value is -2.12. The van der Waals surface area contributed by atoms with Gasteiger partial charge in [0.2, 0.25) is 5.89 Å². The number of rotatable bonds is 7. The molecule has 3 N–H and O–H groups in total. The van der Waals surface area contributed by atoms with Gasteiger partial charge in [0.15, 0.2) is 5.58 Å². The molecule has 2 aromatic rings. The van der Waals surface area contributed by atoms with Gasteiger partial charge in [-0.3, -0.25) is 0 Å². The summed E-state index contributed by atoms with van der Waals surface area (Å²) in [6, 6.07) is 6.87. The number of unbranched alkanes of at least 4 members (excludes halogenated alkanes) is 1. The van der Waals surface area contributed by atoms with E-state index in [-0.39, 0.29) is 12.0 Å².